The Bertz CT molecular complexity index is 2380. The molecule has 0 unspecified atom stereocenters. The van der Waals surface area contributed by atoms with Gasteiger partial charge in [-0.1, -0.05) is 70.2 Å². The topological polar surface area (TPSA) is 11.4 Å². The Morgan fingerprint density at radius 1 is 0.635 bits per heavy atom. The van der Waals surface area contributed by atoms with Gasteiger partial charge < -0.3 is 4.57 Å². The molecule has 52 heavy (non-hydrogen) atoms. The number of para-hydroxylation sites is 1. The van der Waals surface area contributed by atoms with E-state index in [9.17, 15) is 0 Å². The van der Waals surface area contributed by atoms with Crippen LogP contribution in [-0.2, 0) is 5.41 Å². The fourth-order valence-electron chi connectivity index (χ4n) is 6.99. The van der Waals surface area contributed by atoms with Crippen LogP contribution in [0.2, 0.25) is 0 Å². The molecule has 6 aromatic carbocycles. The van der Waals surface area contributed by atoms with E-state index in [0.29, 0.717) is 5.56 Å². The van der Waals surface area contributed by atoms with Gasteiger partial charge in [-0.25, -0.2) is 14.4 Å². The van der Waals surface area contributed by atoms with E-state index in [0.717, 1.165) is 45.0 Å². The average molecular weight is 932 g/mol. The van der Waals surface area contributed by atoms with Gasteiger partial charge in [0.25, 0.3) is 0 Å². The average Bonchev–Trinajstić information content (AvgIpc) is 3.48. The molecule has 0 saturated carbocycles. The lowest BCUT2D eigenvalue weighted by molar-refractivity contribution is 0.590. The first-order valence-corrected chi connectivity index (χ1v) is 22.2. The summed E-state index contributed by atoms with van der Waals surface area (Å²) in [5.74, 6) is 0.982. The number of hydrogen-bond donors (Lipinski definition) is 0. The number of anilines is 4. The van der Waals surface area contributed by atoms with Crippen molar-refractivity contribution in [2.45, 2.75) is 44.4 Å². The van der Waals surface area contributed by atoms with Crippen LogP contribution < -0.4 is 6.23 Å². The fourth-order valence-corrected chi connectivity index (χ4v) is 10.4. The Labute approximate surface area is 337 Å². The maximum absolute atomic E-state index is 15.7. The van der Waals surface area contributed by atoms with Crippen molar-refractivity contribution in [3.63, 3.8) is 0 Å². The van der Waals surface area contributed by atoms with Crippen LogP contribution in [0.25, 0.3) is 38.6 Å². The molecule has 0 aliphatic rings. The third-order valence-electron chi connectivity index (χ3n) is 9.85. The summed E-state index contributed by atoms with van der Waals surface area (Å²) in [4.78, 5) is 1.42. The van der Waals surface area contributed by atoms with Gasteiger partial charge in [0.1, 0.15) is 5.82 Å². The number of rotatable bonds is 9. The minimum atomic E-state index is -0.815. The summed E-state index contributed by atoms with van der Waals surface area (Å²) in [6, 6.07) is 46.6. The van der Waals surface area contributed by atoms with E-state index in [1.165, 1.54) is 33.4 Å². The van der Waals surface area contributed by atoms with Gasteiger partial charge in [0.2, 0.25) is 0 Å². The van der Waals surface area contributed by atoms with E-state index < -0.39 is 10.0 Å². The highest BCUT2D eigenvalue weighted by Gasteiger charge is 2.19. The molecule has 0 N–H and O–H groups in total. The maximum Gasteiger partial charge on any atom is 0.131 e. The molecule has 0 atom stereocenters. The van der Waals surface area contributed by atoms with Gasteiger partial charge in [-0.15, -0.1) is 0 Å². The van der Waals surface area contributed by atoms with Crippen molar-refractivity contribution in [2.24, 2.45) is 0 Å². The first kappa shape index (κ1) is 36.8. The van der Waals surface area contributed by atoms with E-state index >= 15 is 4.39 Å². The lowest BCUT2D eigenvalue weighted by atomic mass is 9.87. The van der Waals surface area contributed by atoms with Crippen LogP contribution >= 0.6 is 55.8 Å². The third kappa shape index (κ3) is 7.20. The van der Waals surface area contributed by atoms with Gasteiger partial charge in [0.15, 0.2) is 0 Å². The Morgan fingerprint density at radius 3 is 1.90 bits per heavy atom. The molecule has 266 valence electrons. The van der Waals surface area contributed by atoms with Crippen molar-refractivity contribution < 1.29 is 4.39 Å². The van der Waals surface area contributed by atoms with Crippen LogP contribution in [0.3, 0.4) is 0 Å². The zero-order valence-electron chi connectivity index (χ0n) is 30.5. The van der Waals surface area contributed by atoms with Gasteiger partial charge in [-0.05, 0) is 137 Å². The lowest BCUT2D eigenvalue weighted by Crippen LogP contribution is -2.11. The zero-order valence-corrected chi connectivity index (χ0v) is 35.6. The van der Waals surface area contributed by atoms with E-state index in [1.54, 1.807) is 6.07 Å². The SMILES string of the molecule is CCCS(C)(C)c1ccc(N(I)c2ccc(F)c(-c3cccc(-n4c5ccccc5c5cc(N(I)c6ccc(C(C)(C)C)cc6)ccc54)c3)c2)cc1. The highest BCUT2D eigenvalue weighted by Crippen LogP contribution is 2.50. The summed E-state index contributed by atoms with van der Waals surface area (Å²) in [7, 11) is -0.815. The number of fused-ring (bicyclic) bond motifs is 3. The summed E-state index contributed by atoms with van der Waals surface area (Å²) in [6.45, 7) is 8.98. The zero-order chi connectivity index (χ0) is 36.8. The quantitative estimate of drug-likeness (QED) is 0.106. The molecule has 0 saturated heterocycles. The molecule has 1 aromatic heterocycles. The van der Waals surface area contributed by atoms with Crippen LogP contribution in [0.4, 0.5) is 27.1 Å². The molecule has 0 fully saturated rings. The molecule has 3 nitrogen and oxygen atoms in total. The Hall–Kier alpha value is -3.54. The first-order chi connectivity index (χ1) is 24.9. The highest BCUT2D eigenvalue weighted by atomic mass is 127. The first-order valence-electron chi connectivity index (χ1n) is 17.6. The van der Waals surface area contributed by atoms with Crippen molar-refractivity contribution in [3.8, 4) is 16.8 Å². The van der Waals surface area contributed by atoms with Crippen LogP contribution in [0.15, 0.2) is 138 Å². The predicted octanol–water partition coefficient (Wildman–Crippen LogP) is 14.7. The summed E-state index contributed by atoms with van der Waals surface area (Å²) in [5, 5.41) is 2.35. The Morgan fingerprint density at radius 2 is 1.23 bits per heavy atom. The molecule has 0 bridgehead atoms. The van der Waals surface area contributed by atoms with Crippen molar-refractivity contribution in [3.05, 3.63) is 145 Å². The van der Waals surface area contributed by atoms with Gasteiger partial charge in [-0.2, -0.15) is 0 Å². The molecule has 0 aliphatic carbocycles. The van der Waals surface area contributed by atoms with Crippen LogP contribution in [0, 0.1) is 5.82 Å². The minimum absolute atomic E-state index is 0.107. The molecule has 7 heteroatoms. The van der Waals surface area contributed by atoms with Crippen molar-refractivity contribution >= 4 is 100 Å². The van der Waals surface area contributed by atoms with E-state index in [-0.39, 0.29) is 11.2 Å². The molecule has 7 aromatic rings. The number of aromatic nitrogens is 1. The smallest absolute Gasteiger partial charge is 0.131 e. The summed E-state index contributed by atoms with van der Waals surface area (Å²) < 4.78 is 22.3. The van der Waals surface area contributed by atoms with Gasteiger partial charge in [0, 0.05) is 22.0 Å². The van der Waals surface area contributed by atoms with Crippen molar-refractivity contribution in [1.82, 2.24) is 4.57 Å². The lowest BCUT2D eigenvalue weighted by Gasteiger charge is -2.31. The van der Waals surface area contributed by atoms with Gasteiger partial charge >= 0.3 is 0 Å². The van der Waals surface area contributed by atoms with Crippen LogP contribution in [0.1, 0.15) is 39.7 Å². The van der Waals surface area contributed by atoms with Gasteiger partial charge in [0.05, 0.1) is 79.5 Å². The van der Waals surface area contributed by atoms with Crippen LogP contribution in [0.5, 0.6) is 0 Å². The Kier molecular flexibility index (Phi) is 10.4. The summed E-state index contributed by atoms with van der Waals surface area (Å²) in [6.07, 6.45) is 5.96. The predicted molar refractivity (Wildman–Crippen MR) is 243 cm³/mol. The fraction of sp³-hybridized carbons (Fsp3) is 0.200. The van der Waals surface area contributed by atoms with E-state index in [2.05, 4.69) is 200 Å². The third-order valence-corrected chi connectivity index (χ3v) is 15.1. The maximum atomic E-state index is 15.7. The van der Waals surface area contributed by atoms with E-state index in [1.807, 2.05) is 24.3 Å². The molecule has 0 aliphatic heterocycles. The minimum Gasteiger partial charge on any atom is -0.309 e. The standard InChI is InChI=1S/C45H44FI2N3S/c1-7-27-52(5,6)38-23-19-34(20-24-38)51(48)36-21-25-42(46)40(29-36)31-11-10-12-35(28-31)49-43-14-9-8-13-39(43)41-30-37(22-26-44(41)49)50(47)33-17-15-32(16-18-33)45(2,3)4/h8-26,28-30H,7,27H2,1-6H3. The van der Waals surface area contributed by atoms with Gasteiger partial charge in [-0.3, -0.25) is 6.23 Å². The monoisotopic (exact) mass is 931 g/mol. The Balaban J connectivity index is 1.24. The molecule has 7 rings (SSSR count). The van der Waals surface area contributed by atoms with E-state index in [4.69, 9.17) is 0 Å². The second-order valence-electron chi connectivity index (χ2n) is 14.9. The summed E-state index contributed by atoms with van der Waals surface area (Å²) in [5.41, 5.74) is 10.3. The number of halogens is 3. The number of hydrogen-bond acceptors (Lipinski definition) is 2. The molecule has 0 radical (unpaired) electrons. The van der Waals surface area contributed by atoms with Crippen molar-refractivity contribution in [1.29, 1.82) is 0 Å². The highest BCUT2D eigenvalue weighted by molar-refractivity contribution is 14.1. The van der Waals surface area contributed by atoms with Crippen LogP contribution in [-0.4, -0.2) is 22.8 Å². The molecular formula is C45H44FI2N3S. The molecule has 0 spiro atoms. The molecule has 0 amide bonds. The number of benzene rings is 6. The summed E-state index contributed by atoms with van der Waals surface area (Å²) >= 11 is 4.73. The normalized spacial score (nSPS) is 12.4. The number of nitrogens with zero attached hydrogens (tertiary/aromatic N) is 3. The largest absolute Gasteiger partial charge is 0.309 e. The molecular weight excluding hydrogens is 887 g/mol. The van der Waals surface area contributed by atoms with Crippen molar-refractivity contribution in [2.75, 3.05) is 24.5 Å². The molecule has 1 heterocycles. The second-order valence-corrected chi connectivity index (χ2v) is 20.7. The second kappa shape index (κ2) is 14.7.